The molecule has 1 aromatic carbocycles. The second kappa shape index (κ2) is 10.9. The summed E-state index contributed by atoms with van der Waals surface area (Å²) in [6.45, 7) is 5.50. The fourth-order valence-electron chi connectivity index (χ4n) is 3.66. The highest BCUT2D eigenvalue weighted by molar-refractivity contribution is 6.15. The summed E-state index contributed by atoms with van der Waals surface area (Å²) in [5.74, 6) is 0.322. The van der Waals surface area contributed by atoms with Crippen LogP contribution in [0.1, 0.15) is 48.4 Å². The average Bonchev–Trinajstić information content (AvgIpc) is 3.16. The number of pyridine rings is 1. The van der Waals surface area contributed by atoms with E-state index in [-0.39, 0.29) is 30.5 Å². The van der Waals surface area contributed by atoms with Crippen molar-refractivity contribution in [2.24, 2.45) is 0 Å². The Bertz CT molecular complexity index is 1070. The number of aromatic nitrogens is 3. The third-order valence-electron chi connectivity index (χ3n) is 5.25. The van der Waals surface area contributed by atoms with Crippen LogP contribution in [-0.4, -0.2) is 63.3 Å². The first-order chi connectivity index (χ1) is 15.5. The fraction of sp³-hybridized carbons (Fsp3) is 0.417. The topological polar surface area (TPSA) is 97.6 Å². The molecule has 3 rings (SSSR count). The zero-order chi connectivity index (χ0) is 23.1. The predicted octanol–water partition coefficient (Wildman–Crippen LogP) is 2.85. The van der Waals surface area contributed by atoms with Crippen LogP contribution in [-0.2, 0) is 17.8 Å². The summed E-state index contributed by atoms with van der Waals surface area (Å²) in [5.41, 5.74) is 2.05. The van der Waals surface area contributed by atoms with E-state index < -0.39 is 0 Å². The van der Waals surface area contributed by atoms with E-state index in [4.69, 9.17) is 9.84 Å². The van der Waals surface area contributed by atoms with Crippen LogP contribution in [0.5, 0.6) is 5.75 Å². The molecule has 0 spiro atoms. The highest BCUT2D eigenvalue weighted by Gasteiger charge is 2.22. The number of carbonyl (C=O) groups is 2. The van der Waals surface area contributed by atoms with Crippen molar-refractivity contribution in [1.82, 2.24) is 19.7 Å². The quantitative estimate of drug-likeness (QED) is 0.463. The van der Waals surface area contributed by atoms with E-state index in [2.05, 4.69) is 10.1 Å². The molecule has 0 atom stereocenters. The van der Waals surface area contributed by atoms with Crippen LogP contribution in [0.4, 0.5) is 0 Å². The molecule has 0 aliphatic carbocycles. The molecule has 0 aliphatic rings. The normalized spacial score (nSPS) is 11.0. The van der Waals surface area contributed by atoms with Gasteiger partial charge < -0.3 is 14.7 Å². The zero-order valence-corrected chi connectivity index (χ0v) is 18.9. The number of amides is 1. The van der Waals surface area contributed by atoms with Crippen molar-refractivity contribution in [3.8, 4) is 5.75 Å². The highest BCUT2D eigenvalue weighted by atomic mass is 16.5. The third-order valence-corrected chi connectivity index (χ3v) is 5.25. The number of ether oxygens (including phenoxy) is 1. The molecule has 0 saturated carbocycles. The molecule has 0 saturated heterocycles. The van der Waals surface area contributed by atoms with Crippen molar-refractivity contribution < 1.29 is 19.4 Å². The SMILES string of the molecule is CCCN(CCC)C(=O)Cn1nc(C(=O)c2ccc(CCO)nc2)c2ccc(OC)cc21. The van der Waals surface area contributed by atoms with Gasteiger partial charge in [-0.05, 0) is 37.1 Å². The molecular weight excluding hydrogens is 408 g/mol. The average molecular weight is 439 g/mol. The minimum Gasteiger partial charge on any atom is -0.497 e. The van der Waals surface area contributed by atoms with Gasteiger partial charge in [-0.25, -0.2) is 0 Å². The van der Waals surface area contributed by atoms with Crippen LogP contribution in [0, 0.1) is 0 Å². The maximum Gasteiger partial charge on any atom is 0.244 e. The Morgan fingerprint density at radius 1 is 1.12 bits per heavy atom. The minimum atomic E-state index is -0.270. The van der Waals surface area contributed by atoms with Gasteiger partial charge in [-0.3, -0.25) is 19.3 Å². The van der Waals surface area contributed by atoms with Crippen molar-refractivity contribution in [3.63, 3.8) is 0 Å². The number of ketones is 1. The van der Waals surface area contributed by atoms with E-state index in [1.165, 1.54) is 6.20 Å². The second-order valence-electron chi connectivity index (χ2n) is 7.61. The van der Waals surface area contributed by atoms with Gasteiger partial charge in [-0.2, -0.15) is 5.10 Å². The lowest BCUT2D eigenvalue weighted by atomic mass is 10.1. The van der Waals surface area contributed by atoms with Gasteiger partial charge in [0.05, 0.1) is 12.6 Å². The van der Waals surface area contributed by atoms with Crippen molar-refractivity contribution in [2.75, 3.05) is 26.8 Å². The molecule has 8 nitrogen and oxygen atoms in total. The maximum absolute atomic E-state index is 13.2. The first kappa shape index (κ1) is 23.4. The van der Waals surface area contributed by atoms with Crippen LogP contribution in [0.25, 0.3) is 10.9 Å². The molecule has 2 heterocycles. The summed E-state index contributed by atoms with van der Waals surface area (Å²) in [6, 6.07) is 8.76. The van der Waals surface area contributed by atoms with Gasteiger partial charge in [0.1, 0.15) is 18.0 Å². The van der Waals surface area contributed by atoms with E-state index in [0.29, 0.717) is 47.4 Å². The van der Waals surface area contributed by atoms with Gasteiger partial charge >= 0.3 is 0 Å². The Labute approximate surface area is 187 Å². The number of carbonyl (C=O) groups excluding carboxylic acids is 2. The molecule has 32 heavy (non-hydrogen) atoms. The number of rotatable bonds is 11. The van der Waals surface area contributed by atoms with Crippen molar-refractivity contribution >= 4 is 22.6 Å². The van der Waals surface area contributed by atoms with Gasteiger partial charge in [0.25, 0.3) is 0 Å². The Hall–Kier alpha value is -3.26. The van der Waals surface area contributed by atoms with Crippen molar-refractivity contribution in [2.45, 2.75) is 39.7 Å². The Balaban J connectivity index is 1.98. The monoisotopic (exact) mass is 438 g/mol. The van der Waals surface area contributed by atoms with Gasteiger partial charge in [0, 0.05) is 55.0 Å². The number of aliphatic hydroxyl groups excluding tert-OH is 1. The molecule has 170 valence electrons. The largest absolute Gasteiger partial charge is 0.497 e. The third kappa shape index (κ3) is 5.13. The van der Waals surface area contributed by atoms with E-state index in [1.807, 2.05) is 18.7 Å². The molecule has 0 unspecified atom stereocenters. The van der Waals surface area contributed by atoms with Crippen LogP contribution < -0.4 is 4.74 Å². The lowest BCUT2D eigenvalue weighted by molar-refractivity contribution is -0.132. The standard InChI is InChI=1S/C24H30N4O4/c1-4-11-27(12-5-2)22(30)16-28-21-14-19(32-3)8-9-20(21)23(26-28)24(31)17-6-7-18(10-13-29)25-15-17/h6-9,14-15,29H,4-5,10-13,16H2,1-3H3. The van der Waals surface area contributed by atoms with Gasteiger partial charge in [0.2, 0.25) is 11.7 Å². The van der Waals surface area contributed by atoms with E-state index >= 15 is 0 Å². The van der Waals surface area contributed by atoms with E-state index in [1.54, 1.807) is 42.1 Å². The van der Waals surface area contributed by atoms with E-state index in [0.717, 1.165) is 12.8 Å². The van der Waals surface area contributed by atoms with E-state index in [9.17, 15) is 9.59 Å². The Morgan fingerprint density at radius 3 is 2.47 bits per heavy atom. The van der Waals surface area contributed by atoms with Crippen molar-refractivity contribution in [3.05, 3.63) is 53.5 Å². The van der Waals surface area contributed by atoms with Crippen LogP contribution in [0.3, 0.4) is 0 Å². The summed E-state index contributed by atoms with van der Waals surface area (Å²) in [7, 11) is 1.57. The molecule has 3 aromatic rings. The zero-order valence-electron chi connectivity index (χ0n) is 18.9. The molecule has 0 bridgehead atoms. The van der Waals surface area contributed by atoms with Crippen molar-refractivity contribution in [1.29, 1.82) is 0 Å². The number of methoxy groups -OCH3 is 1. The molecular formula is C24H30N4O4. The maximum atomic E-state index is 13.2. The second-order valence-corrected chi connectivity index (χ2v) is 7.61. The molecule has 1 amide bonds. The van der Waals surface area contributed by atoms with Gasteiger partial charge in [-0.1, -0.05) is 13.8 Å². The highest BCUT2D eigenvalue weighted by Crippen LogP contribution is 2.26. The predicted molar refractivity (Wildman–Crippen MR) is 122 cm³/mol. The summed E-state index contributed by atoms with van der Waals surface area (Å²) < 4.78 is 6.93. The number of nitrogens with zero attached hydrogens (tertiary/aromatic N) is 4. The number of hydrogen-bond donors (Lipinski definition) is 1. The Morgan fingerprint density at radius 2 is 1.88 bits per heavy atom. The molecule has 1 N–H and O–H groups in total. The Kier molecular flexibility index (Phi) is 7.94. The minimum absolute atomic E-state index is 0.00171. The van der Waals surface area contributed by atoms with Gasteiger partial charge in [0.15, 0.2) is 0 Å². The summed E-state index contributed by atoms with van der Waals surface area (Å²) in [5, 5.41) is 14.2. The number of benzene rings is 1. The smallest absolute Gasteiger partial charge is 0.244 e. The lowest BCUT2D eigenvalue weighted by Crippen LogP contribution is -2.35. The van der Waals surface area contributed by atoms with Crippen LogP contribution >= 0.6 is 0 Å². The number of aliphatic hydroxyl groups is 1. The van der Waals surface area contributed by atoms with Crippen LogP contribution in [0.2, 0.25) is 0 Å². The molecule has 2 aromatic heterocycles. The first-order valence-corrected chi connectivity index (χ1v) is 10.9. The summed E-state index contributed by atoms with van der Waals surface area (Å²) >= 11 is 0. The first-order valence-electron chi connectivity index (χ1n) is 10.9. The molecule has 8 heteroatoms. The summed E-state index contributed by atoms with van der Waals surface area (Å²) in [6.07, 6.45) is 3.68. The number of fused-ring (bicyclic) bond motifs is 1. The number of hydrogen-bond acceptors (Lipinski definition) is 6. The molecule has 0 fully saturated rings. The van der Waals surface area contributed by atoms with Crippen LogP contribution in [0.15, 0.2) is 36.5 Å². The van der Waals surface area contributed by atoms with Gasteiger partial charge in [-0.15, -0.1) is 0 Å². The fourth-order valence-corrected chi connectivity index (χ4v) is 3.66. The summed E-state index contributed by atoms with van der Waals surface area (Å²) in [4.78, 5) is 32.3. The molecule has 0 aliphatic heterocycles. The molecule has 0 radical (unpaired) electrons. The lowest BCUT2D eigenvalue weighted by Gasteiger charge is -2.21.